The van der Waals surface area contributed by atoms with Crippen LogP contribution in [0, 0.1) is 0 Å². The highest BCUT2D eigenvalue weighted by Gasteiger charge is 2.12. The number of nitrogens with one attached hydrogen (secondary N) is 1. The van der Waals surface area contributed by atoms with Gasteiger partial charge in [-0.25, -0.2) is 4.63 Å². The fourth-order valence-corrected chi connectivity index (χ4v) is 1.30. The second kappa shape index (κ2) is 5.11. The zero-order valence-corrected chi connectivity index (χ0v) is 9.21. The van der Waals surface area contributed by atoms with Gasteiger partial charge in [-0.1, -0.05) is 17.3 Å². The minimum atomic E-state index is -0.390. The van der Waals surface area contributed by atoms with Gasteiger partial charge in [0.15, 0.2) is 5.69 Å². The zero-order chi connectivity index (χ0) is 12.1. The van der Waals surface area contributed by atoms with E-state index in [2.05, 4.69) is 20.3 Å². The third-order valence-electron chi connectivity index (χ3n) is 2.03. The maximum atomic E-state index is 11.7. The van der Waals surface area contributed by atoms with Crippen LogP contribution in [0.2, 0.25) is 0 Å². The molecule has 0 radical (unpaired) electrons. The Labute approximate surface area is 97.5 Å². The number of nitrogens with zero attached hydrogens (tertiary/aromatic N) is 2. The first-order valence-corrected chi connectivity index (χ1v) is 5.12. The Hall–Kier alpha value is -2.37. The van der Waals surface area contributed by atoms with Crippen molar-refractivity contribution in [3.05, 3.63) is 36.2 Å². The van der Waals surface area contributed by atoms with Gasteiger partial charge in [0, 0.05) is 0 Å². The van der Waals surface area contributed by atoms with E-state index in [0.717, 1.165) is 0 Å². The Kier molecular flexibility index (Phi) is 3.34. The van der Waals surface area contributed by atoms with Crippen molar-refractivity contribution in [2.75, 3.05) is 11.9 Å². The predicted octanol–water partition coefficient (Wildman–Crippen LogP) is 1.72. The molecule has 0 fully saturated rings. The minimum Gasteiger partial charge on any atom is -0.492 e. The van der Waals surface area contributed by atoms with Crippen LogP contribution in [0.25, 0.3) is 0 Å². The number of carbonyl (C=O) groups is 1. The summed E-state index contributed by atoms with van der Waals surface area (Å²) in [6, 6.07) is 7.16. The number of hydrogen-bond acceptors (Lipinski definition) is 5. The van der Waals surface area contributed by atoms with E-state index >= 15 is 0 Å². The molecule has 0 saturated carbocycles. The van der Waals surface area contributed by atoms with Crippen LogP contribution < -0.4 is 10.1 Å². The van der Waals surface area contributed by atoms with Crippen molar-refractivity contribution in [2.24, 2.45) is 0 Å². The molecule has 0 aliphatic carbocycles. The van der Waals surface area contributed by atoms with Gasteiger partial charge in [-0.2, -0.15) is 0 Å². The van der Waals surface area contributed by atoms with Crippen LogP contribution in [0.4, 0.5) is 5.69 Å². The Morgan fingerprint density at radius 1 is 1.47 bits per heavy atom. The van der Waals surface area contributed by atoms with Crippen molar-refractivity contribution < 1.29 is 14.2 Å². The van der Waals surface area contributed by atoms with Gasteiger partial charge in [-0.3, -0.25) is 4.79 Å². The van der Waals surface area contributed by atoms with Gasteiger partial charge in [-0.05, 0) is 24.2 Å². The summed E-state index contributed by atoms with van der Waals surface area (Å²) in [4.78, 5) is 11.7. The summed E-state index contributed by atoms with van der Waals surface area (Å²) in [6.45, 7) is 2.40. The van der Waals surface area contributed by atoms with E-state index in [9.17, 15) is 4.79 Å². The number of hydrogen-bond donors (Lipinski definition) is 1. The lowest BCUT2D eigenvalue weighted by atomic mass is 10.3. The lowest BCUT2D eigenvalue weighted by molar-refractivity contribution is 0.101. The van der Waals surface area contributed by atoms with Gasteiger partial charge in [-0.15, -0.1) is 0 Å². The van der Waals surface area contributed by atoms with Gasteiger partial charge in [0.2, 0.25) is 0 Å². The van der Waals surface area contributed by atoms with Crippen molar-refractivity contribution in [3.63, 3.8) is 0 Å². The molecule has 6 heteroatoms. The fraction of sp³-hybridized carbons (Fsp3) is 0.182. The summed E-state index contributed by atoms with van der Waals surface area (Å²) in [5.41, 5.74) is 0.707. The van der Waals surface area contributed by atoms with Crippen LogP contribution in [0.3, 0.4) is 0 Å². The summed E-state index contributed by atoms with van der Waals surface area (Å²) >= 11 is 0. The van der Waals surface area contributed by atoms with Gasteiger partial charge in [0.1, 0.15) is 11.9 Å². The smallest absolute Gasteiger partial charge is 0.279 e. The molecule has 6 nitrogen and oxygen atoms in total. The number of benzene rings is 1. The number of aromatic nitrogens is 2. The standard InChI is InChI=1S/C11H11N3O3/c1-2-16-10-6-4-3-5-8(10)13-11(15)9-7-12-17-14-9/h3-7H,2H2,1H3,(H,13,15). The van der Waals surface area contributed by atoms with Crippen molar-refractivity contribution in [1.29, 1.82) is 0 Å². The monoisotopic (exact) mass is 233 g/mol. The molecule has 17 heavy (non-hydrogen) atoms. The molecule has 0 unspecified atom stereocenters. The Morgan fingerprint density at radius 3 is 3.00 bits per heavy atom. The Balaban J connectivity index is 2.15. The number of para-hydroxylation sites is 2. The van der Waals surface area contributed by atoms with Crippen LogP contribution in [0.15, 0.2) is 35.1 Å². The maximum absolute atomic E-state index is 11.7. The van der Waals surface area contributed by atoms with Crippen molar-refractivity contribution in [1.82, 2.24) is 10.3 Å². The van der Waals surface area contributed by atoms with Crippen molar-refractivity contribution >= 4 is 11.6 Å². The molecule has 0 aliphatic rings. The summed E-state index contributed by atoms with van der Waals surface area (Å²) < 4.78 is 9.74. The average Bonchev–Trinajstić information content (AvgIpc) is 2.85. The highest BCUT2D eigenvalue weighted by Crippen LogP contribution is 2.23. The molecule has 0 saturated heterocycles. The Bertz CT molecular complexity index is 496. The molecule has 2 aromatic rings. The maximum Gasteiger partial charge on any atom is 0.279 e. The second-order valence-corrected chi connectivity index (χ2v) is 3.18. The van der Waals surface area contributed by atoms with Crippen molar-refractivity contribution in [2.45, 2.75) is 6.92 Å². The quantitative estimate of drug-likeness (QED) is 0.869. The molecule has 88 valence electrons. The Morgan fingerprint density at radius 2 is 2.29 bits per heavy atom. The number of ether oxygens (including phenoxy) is 1. The highest BCUT2D eigenvalue weighted by atomic mass is 16.6. The second-order valence-electron chi connectivity index (χ2n) is 3.18. The van der Waals surface area contributed by atoms with Crippen LogP contribution in [-0.2, 0) is 0 Å². The fourth-order valence-electron chi connectivity index (χ4n) is 1.30. The third kappa shape index (κ3) is 2.60. The minimum absolute atomic E-state index is 0.122. The van der Waals surface area contributed by atoms with Crippen molar-refractivity contribution in [3.8, 4) is 5.75 Å². The number of rotatable bonds is 4. The van der Waals surface area contributed by atoms with Gasteiger partial charge in [0.05, 0.1) is 12.3 Å². The van der Waals surface area contributed by atoms with E-state index < -0.39 is 5.91 Å². The highest BCUT2D eigenvalue weighted by molar-refractivity contribution is 6.03. The number of carbonyl (C=O) groups excluding carboxylic acids is 1. The molecule has 0 spiro atoms. The number of amides is 1. The van der Waals surface area contributed by atoms with E-state index in [4.69, 9.17) is 4.74 Å². The average molecular weight is 233 g/mol. The van der Waals surface area contributed by atoms with E-state index in [-0.39, 0.29) is 5.69 Å². The lowest BCUT2D eigenvalue weighted by Gasteiger charge is -2.09. The molecular formula is C11H11N3O3. The van der Waals surface area contributed by atoms with Crippen LogP contribution in [-0.4, -0.2) is 22.8 Å². The van der Waals surface area contributed by atoms with Gasteiger partial charge in [0.25, 0.3) is 5.91 Å². The summed E-state index contributed by atoms with van der Waals surface area (Å²) in [6.07, 6.45) is 1.25. The summed E-state index contributed by atoms with van der Waals surface area (Å²) in [7, 11) is 0. The molecule has 2 rings (SSSR count). The van der Waals surface area contributed by atoms with E-state index in [1.165, 1.54) is 6.20 Å². The molecule has 1 aromatic heterocycles. The van der Waals surface area contributed by atoms with Gasteiger partial charge < -0.3 is 10.1 Å². The SMILES string of the molecule is CCOc1ccccc1NC(=O)c1cnon1. The molecule has 1 aromatic carbocycles. The van der Waals surface area contributed by atoms with E-state index in [1.807, 2.05) is 13.0 Å². The first-order valence-electron chi connectivity index (χ1n) is 5.12. The normalized spacial score (nSPS) is 9.94. The molecular weight excluding hydrogens is 222 g/mol. The molecule has 1 N–H and O–H groups in total. The first kappa shape index (κ1) is 11.1. The van der Waals surface area contributed by atoms with Crippen LogP contribution in [0.5, 0.6) is 5.75 Å². The van der Waals surface area contributed by atoms with E-state index in [0.29, 0.717) is 18.0 Å². The summed E-state index contributed by atoms with van der Waals surface area (Å²) in [5, 5.41) is 9.49. The lowest BCUT2D eigenvalue weighted by Crippen LogP contribution is -2.13. The first-order chi connectivity index (χ1) is 8.31. The molecule has 0 aliphatic heterocycles. The van der Waals surface area contributed by atoms with Gasteiger partial charge >= 0.3 is 0 Å². The molecule has 1 heterocycles. The topological polar surface area (TPSA) is 77.2 Å². The molecule has 0 atom stereocenters. The third-order valence-corrected chi connectivity index (χ3v) is 2.03. The number of anilines is 1. The molecule has 0 bridgehead atoms. The summed E-state index contributed by atoms with van der Waals surface area (Å²) in [5.74, 6) is 0.221. The molecule has 1 amide bonds. The predicted molar refractivity (Wildman–Crippen MR) is 59.9 cm³/mol. The largest absolute Gasteiger partial charge is 0.492 e. The van der Waals surface area contributed by atoms with Crippen LogP contribution >= 0.6 is 0 Å². The van der Waals surface area contributed by atoms with E-state index in [1.54, 1.807) is 18.2 Å². The van der Waals surface area contributed by atoms with Crippen LogP contribution in [0.1, 0.15) is 17.4 Å². The zero-order valence-electron chi connectivity index (χ0n) is 9.21.